The summed E-state index contributed by atoms with van der Waals surface area (Å²) in [7, 11) is 0. The van der Waals surface area contributed by atoms with Crippen molar-refractivity contribution in [3.63, 3.8) is 0 Å². The van der Waals surface area contributed by atoms with E-state index in [4.69, 9.17) is 9.47 Å². The van der Waals surface area contributed by atoms with Crippen LogP contribution in [-0.2, 0) is 32.3 Å². The fourth-order valence-corrected chi connectivity index (χ4v) is 4.77. The summed E-state index contributed by atoms with van der Waals surface area (Å²) in [4.78, 5) is 51.4. The van der Waals surface area contributed by atoms with Crippen LogP contribution in [0.3, 0.4) is 0 Å². The van der Waals surface area contributed by atoms with Gasteiger partial charge in [-0.15, -0.1) is 0 Å². The van der Waals surface area contributed by atoms with Crippen molar-refractivity contribution in [2.75, 3.05) is 13.2 Å². The first-order chi connectivity index (χ1) is 22.5. The first-order valence-electron chi connectivity index (χ1n) is 15.0. The highest BCUT2D eigenvalue weighted by Gasteiger charge is 2.23. The molecule has 10 nitrogen and oxygen atoms in total. The largest absolute Gasteiger partial charge is 0.507 e. The zero-order valence-electron chi connectivity index (χ0n) is 26.0. The second-order valence-electron chi connectivity index (χ2n) is 11.1. The minimum Gasteiger partial charge on any atom is -0.507 e. The Morgan fingerprint density at radius 3 is 1.28 bits per heavy atom. The number of aliphatic hydroxyl groups excluding tert-OH is 2. The molecular weight excluding hydrogens is 604 g/mol. The van der Waals surface area contributed by atoms with Crippen LogP contribution < -0.4 is 0 Å². The molecule has 0 aliphatic rings. The molecule has 0 radical (unpaired) electrons. The highest BCUT2D eigenvalue weighted by molar-refractivity contribution is 6.11. The van der Waals surface area contributed by atoms with E-state index < -0.39 is 35.3 Å². The zero-order valence-corrected chi connectivity index (χ0v) is 26.0. The molecular formula is C37H36O10. The Labute approximate surface area is 271 Å². The lowest BCUT2D eigenvalue weighted by atomic mass is 9.94. The summed E-state index contributed by atoms with van der Waals surface area (Å²) in [5, 5.41) is 39.1. The van der Waals surface area contributed by atoms with Crippen molar-refractivity contribution in [2.24, 2.45) is 0 Å². The van der Waals surface area contributed by atoms with E-state index in [9.17, 15) is 39.6 Å². The third-order valence-corrected chi connectivity index (χ3v) is 7.81. The highest BCUT2D eigenvalue weighted by atomic mass is 16.5. The van der Waals surface area contributed by atoms with Crippen molar-refractivity contribution in [2.45, 2.75) is 45.3 Å². The quantitative estimate of drug-likeness (QED) is 0.0843. The maximum Gasteiger partial charge on any atom is 0.313 e. The second kappa shape index (κ2) is 15.8. The smallest absolute Gasteiger partial charge is 0.313 e. The Balaban J connectivity index is 1.28. The number of hydrogen-bond acceptors (Lipinski definition) is 10. The summed E-state index contributed by atoms with van der Waals surface area (Å²) in [6.07, 6.45) is 0.225. The number of rotatable bonds is 14. The Morgan fingerprint density at radius 1 is 0.574 bits per heavy atom. The number of carbonyl (C=O) groups is 4. The van der Waals surface area contributed by atoms with Gasteiger partial charge in [-0.2, -0.15) is 0 Å². The number of aromatic hydroxyl groups is 2. The van der Waals surface area contributed by atoms with Gasteiger partial charge in [0.2, 0.25) is 0 Å². The minimum atomic E-state index is -0.750. The van der Waals surface area contributed by atoms with Gasteiger partial charge in [0.25, 0.3) is 0 Å². The van der Waals surface area contributed by atoms with Crippen molar-refractivity contribution in [3.8, 4) is 11.5 Å². The summed E-state index contributed by atoms with van der Waals surface area (Å²) in [5.74, 6) is -3.96. The van der Waals surface area contributed by atoms with Crippen molar-refractivity contribution in [3.05, 3.63) is 129 Å². The van der Waals surface area contributed by atoms with Gasteiger partial charge in [0, 0.05) is 17.5 Å². The molecule has 2 unspecified atom stereocenters. The van der Waals surface area contributed by atoms with Gasteiger partial charge in [-0.05, 0) is 60.4 Å². The number of esters is 2. The molecule has 0 saturated heterocycles. The summed E-state index contributed by atoms with van der Waals surface area (Å²) < 4.78 is 10.7. The zero-order chi connectivity index (χ0) is 34.1. The van der Waals surface area contributed by atoms with Gasteiger partial charge in [0.15, 0.2) is 11.6 Å². The van der Waals surface area contributed by atoms with Crippen LogP contribution in [0.4, 0.5) is 0 Å². The van der Waals surface area contributed by atoms with E-state index in [0.717, 1.165) is 0 Å². The molecule has 244 valence electrons. The van der Waals surface area contributed by atoms with Crippen LogP contribution in [-0.4, -0.2) is 57.1 Å². The number of benzene rings is 4. The molecule has 4 rings (SSSR count). The standard InChI is InChI=1S/C37H36O10/c1-22(28-12-14-32(40)30(18-28)34(42)26-8-4-24(20-38)5-9-26)36(44)46-16-3-17-47-37(45)23(2)29-13-15-33(41)31(19-29)35(43)27-10-6-25(21-39)7-11-27/h4-15,18-19,22-23,38-41H,3,16-17,20-21H2,1-2H3. The molecule has 4 aromatic carbocycles. The third kappa shape index (κ3) is 8.49. The molecule has 2 atom stereocenters. The lowest BCUT2D eigenvalue weighted by Gasteiger charge is -2.15. The Bertz CT molecular complexity index is 1610. The van der Waals surface area contributed by atoms with Crippen LogP contribution in [0.2, 0.25) is 0 Å². The molecule has 0 aliphatic heterocycles. The topological polar surface area (TPSA) is 168 Å². The average Bonchev–Trinajstić information content (AvgIpc) is 3.10. The number of ether oxygens (including phenoxy) is 2. The van der Waals surface area contributed by atoms with Gasteiger partial charge in [0.05, 0.1) is 49.4 Å². The predicted molar refractivity (Wildman–Crippen MR) is 171 cm³/mol. The van der Waals surface area contributed by atoms with E-state index in [1.165, 1.54) is 36.4 Å². The van der Waals surface area contributed by atoms with Crippen LogP contribution in [0.1, 0.15) is 86.2 Å². The molecule has 0 spiro atoms. The molecule has 0 saturated carbocycles. The number of phenolic OH excluding ortho intramolecular Hbond substituents is 2. The van der Waals surface area contributed by atoms with E-state index in [1.807, 2.05) is 0 Å². The maximum atomic E-state index is 13.0. The molecule has 0 heterocycles. The summed E-state index contributed by atoms with van der Waals surface area (Å²) >= 11 is 0. The van der Waals surface area contributed by atoms with E-state index >= 15 is 0 Å². The molecule has 0 aliphatic carbocycles. The summed E-state index contributed by atoms with van der Waals surface area (Å²) in [5.41, 5.74) is 2.92. The molecule has 0 fully saturated rings. The van der Waals surface area contributed by atoms with Gasteiger partial charge in [-0.25, -0.2) is 0 Å². The van der Waals surface area contributed by atoms with Crippen LogP contribution in [0.25, 0.3) is 0 Å². The van der Waals surface area contributed by atoms with Crippen LogP contribution >= 0.6 is 0 Å². The molecule has 0 aromatic heterocycles. The molecule has 4 N–H and O–H groups in total. The summed E-state index contributed by atoms with van der Waals surface area (Å²) in [6.45, 7) is 2.84. The SMILES string of the molecule is CC(C(=O)OCCCOC(=O)C(C)c1ccc(O)c(C(=O)c2ccc(CO)cc2)c1)c1ccc(O)c(C(=O)c2ccc(CO)cc2)c1. The molecule has 0 bridgehead atoms. The third-order valence-electron chi connectivity index (χ3n) is 7.81. The Hall–Kier alpha value is -5.32. The Kier molecular flexibility index (Phi) is 11.6. The maximum absolute atomic E-state index is 13.0. The molecule has 0 amide bonds. The first kappa shape index (κ1) is 34.6. The highest BCUT2D eigenvalue weighted by Crippen LogP contribution is 2.28. The number of ketones is 2. The van der Waals surface area contributed by atoms with Crippen molar-refractivity contribution in [1.29, 1.82) is 0 Å². The van der Waals surface area contributed by atoms with Crippen LogP contribution in [0, 0.1) is 0 Å². The number of aliphatic hydroxyl groups is 2. The number of hydrogen-bond donors (Lipinski definition) is 4. The lowest BCUT2D eigenvalue weighted by molar-refractivity contribution is -0.147. The van der Waals surface area contributed by atoms with E-state index in [2.05, 4.69) is 0 Å². The average molecular weight is 641 g/mol. The van der Waals surface area contributed by atoms with E-state index in [0.29, 0.717) is 33.4 Å². The summed E-state index contributed by atoms with van der Waals surface area (Å²) in [6, 6.07) is 21.3. The molecule has 4 aromatic rings. The molecule has 10 heteroatoms. The van der Waals surface area contributed by atoms with Gasteiger partial charge >= 0.3 is 11.9 Å². The fraction of sp³-hybridized carbons (Fsp3) is 0.243. The van der Waals surface area contributed by atoms with Gasteiger partial charge < -0.3 is 29.9 Å². The van der Waals surface area contributed by atoms with Crippen molar-refractivity contribution >= 4 is 23.5 Å². The number of phenols is 2. The van der Waals surface area contributed by atoms with E-state index in [1.54, 1.807) is 62.4 Å². The van der Waals surface area contributed by atoms with Crippen molar-refractivity contribution in [1.82, 2.24) is 0 Å². The normalized spacial score (nSPS) is 12.2. The fourth-order valence-electron chi connectivity index (χ4n) is 4.77. The van der Waals surface area contributed by atoms with Crippen molar-refractivity contribution < 1.29 is 49.1 Å². The van der Waals surface area contributed by atoms with Gasteiger partial charge in [0.1, 0.15) is 11.5 Å². The first-order valence-corrected chi connectivity index (χ1v) is 15.0. The minimum absolute atomic E-state index is 0.0289. The lowest BCUT2D eigenvalue weighted by Crippen LogP contribution is -2.18. The monoisotopic (exact) mass is 640 g/mol. The Morgan fingerprint density at radius 2 is 0.936 bits per heavy atom. The van der Waals surface area contributed by atoms with Gasteiger partial charge in [-0.1, -0.05) is 60.7 Å². The number of carbonyl (C=O) groups excluding carboxylic acids is 4. The van der Waals surface area contributed by atoms with Gasteiger partial charge in [-0.3, -0.25) is 19.2 Å². The molecule has 47 heavy (non-hydrogen) atoms. The van der Waals surface area contributed by atoms with E-state index in [-0.39, 0.29) is 55.5 Å². The van der Waals surface area contributed by atoms with Crippen LogP contribution in [0.5, 0.6) is 11.5 Å². The second-order valence-corrected chi connectivity index (χ2v) is 11.1. The van der Waals surface area contributed by atoms with Crippen LogP contribution in [0.15, 0.2) is 84.9 Å². The predicted octanol–water partition coefficient (Wildman–Crippen LogP) is 4.93.